The molecule has 0 amide bonds. The minimum atomic E-state index is 0.246. The van der Waals surface area contributed by atoms with Crippen LogP contribution in [0, 0.1) is 22.7 Å². The average Bonchev–Trinajstić information content (AvgIpc) is 2.51. The molecule has 5 aliphatic rings. The summed E-state index contributed by atoms with van der Waals surface area (Å²) < 4.78 is 6.93. The molecular formula is C23H40O. The van der Waals surface area contributed by atoms with Gasteiger partial charge in [-0.3, -0.25) is 0 Å². The molecule has 5 rings (SSSR count). The summed E-state index contributed by atoms with van der Waals surface area (Å²) in [5.41, 5.74) is 1.45. The van der Waals surface area contributed by atoms with Crippen molar-refractivity contribution in [2.45, 2.75) is 122 Å². The second kappa shape index (κ2) is 6.29. The van der Waals surface area contributed by atoms with Gasteiger partial charge in [0.05, 0.1) is 11.7 Å². The van der Waals surface area contributed by atoms with Gasteiger partial charge in [0.2, 0.25) is 0 Å². The molecule has 1 nitrogen and oxygen atoms in total. The normalized spacial score (nSPS) is 46.4. The Kier molecular flexibility index (Phi) is 4.55. The molecule has 0 spiro atoms. The predicted octanol–water partition coefficient (Wildman–Crippen LogP) is 6.89. The highest BCUT2D eigenvalue weighted by Crippen LogP contribution is 2.68. The van der Waals surface area contributed by atoms with Gasteiger partial charge >= 0.3 is 0 Å². The van der Waals surface area contributed by atoms with Crippen molar-refractivity contribution < 1.29 is 4.74 Å². The molecule has 5 aliphatic carbocycles. The molecule has 0 aliphatic heterocycles. The van der Waals surface area contributed by atoms with Crippen LogP contribution in [0.4, 0.5) is 0 Å². The first-order valence-electron chi connectivity index (χ1n) is 11.1. The molecule has 5 fully saturated rings. The third-order valence-corrected chi connectivity index (χ3v) is 8.32. The van der Waals surface area contributed by atoms with Crippen LogP contribution in [0.3, 0.4) is 0 Å². The van der Waals surface area contributed by atoms with Crippen molar-refractivity contribution >= 4 is 0 Å². The van der Waals surface area contributed by atoms with Crippen LogP contribution in [0.25, 0.3) is 0 Å². The third-order valence-electron chi connectivity index (χ3n) is 8.32. The summed E-state index contributed by atoms with van der Waals surface area (Å²) in [7, 11) is 0. The van der Waals surface area contributed by atoms with Crippen molar-refractivity contribution in [1.29, 1.82) is 0 Å². The number of rotatable bonds is 6. The lowest BCUT2D eigenvalue weighted by Crippen LogP contribution is -2.60. The van der Waals surface area contributed by atoms with Crippen molar-refractivity contribution in [3.8, 4) is 0 Å². The number of ether oxygens (including phenoxy) is 1. The van der Waals surface area contributed by atoms with Gasteiger partial charge in [0.15, 0.2) is 0 Å². The maximum Gasteiger partial charge on any atom is 0.0699 e. The summed E-state index contributed by atoms with van der Waals surface area (Å²) >= 11 is 0. The molecule has 0 aromatic heterocycles. The molecular weight excluding hydrogens is 292 g/mol. The molecule has 0 heterocycles. The lowest BCUT2D eigenvalue weighted by atomic mass is 9.42. The van der Waals surface area contributed by atoms with Gasteiger partial charge in [-0.25, -0.2) is 0 Å². The Morgan fingerprint density at radius 2 is 1.79 bits per heavy atom. The van der Waals surface area contributed by atoms with E-state index >= 15 is 0 Å². The Balaban J connectivity index is 1.38. The third kappa shape index (κ3) is 3.31. The molecule has 138 valence electrons. The Bertz CT molecular complexity index is 453. The van der Waals surface area contributed by atoms with Crippen molar-refractivity contribution in [2.24, 2.45) is 22.7 Å². The molecule has 0 aromatic rings. The molecule has 1 heteroatoms. The molecule has 0 saturated heterocycles. The number of hydrogen-bond acceptors (Lipinski definition) is 1. The largest absolute Gasteiger partial charge is 0.372 e. The second-order valence-corrected chi connectivity index (χ2v) is 10.9. The van der Waals surface area contributed by atoms with Crippen LogP contribution < -0.4 is 0 Å². The zero-order valence-corrected chi connectivity index (χ0v) is 16.5. The first kappa shape index (κ1) is 17.4. The van der Waals surface area contributed by atoms with E-state index < -0.39 is 0 Å². The van der Waals surface area contributed by atoms with Crippen molar-refractivity contribution in [3.63, 3.8) is 0 Å². The van der Waals surface area contributed by atoms with Crippen LogP contribution >= 0.6 is 0 Å². The standard InChI is InChI=1S/C23H40O/c1-4-22-13-20-12-21(3,15-22)16-23(14-20,17-22)24-18(2)10-11-19-8-6-5-7-9-19/h18-20H,4-17H2,1-3H3. The summed E-state index contributed by atoms with van der Waals surface area (Å²) in [6, 6.07) is 0. The molecule has 5 unspecified atom stereocenters. The Morgan fingerprint density at radius 3 is 2.50 bits per heavy atom. The molecule has 0 N–H and O–H groups in total. The minimum absolute atomic E-state index is 0.246. The monoisotopic (exact) mass is 332 g/mol. The smallest absolute Gasteiger partial charge is 0.0699 e. The maximum atomic E-state index is 6.93. The summed E-state index contributed by atoms with van der Waals surface area (Å²) in [5.74, 6) is 1.96. The van der Waals surface area contributed by atoms with E-state index in [9.17, 15) is 0 Å². The lowest BCUT2D eigenvalue weighted by molar-refractivity contribution is -0.235. The van der Waals surface area contributed by atoms with E-state index in [1.807, 2.05) is 0 Å². The van der Waals surface area contributed by atoms with E-state index in [0.717, 1.165) is 11.8 Å². The van der Waals surface area contributed by atoms with Crippen molar-refractivity contribution in [1.82, 2.24) is 0 Å². The summed E-state index contributed by atoms with van der Waals surface area (Å²) in [5, 5.41) is 0. The maximum absolute atomic E-state index is 6.93. The topological polar surface area (TPSA) is 9.23 Å². The highest BCUT2D eigenvalue weighted by atomic mass is 16.5. The number of hydrogen-bond donors (Lipinski definition) is 0. The van der Waals surface area contributed by atoms with Crippen molar-refractivity contribution in [2.75, 3.05) is 0 Å². The van der Waals surface area contributed by atoms with Gasteiger partial charge < -0.3 is 4.74 Å². The zero-order valence-electron chi connectivity index (χ0n) is 16.5. The Hall–Kier alpha value is -0.0400. The lowest BCUT2D eigenvalue weighted by Gasteiger charge is -2.66. The van der Waals surface area contributed by atoms with Gasteiger partial charge in [-0.15, -0.1) is 0 Å². The highest BCUT2D eigenvalue weighted by Gasteiger charge is 2.61. The SMILES string of the molecule is CCC12CC3CC(C)(C1)CC(OC(C)CCC1CCCCC1)(C3)C2. The van der Waals surface area contributed by atoms with E-state index in [0.29, 0.717) is 16.9 Å². The summed E-state index contributed by atoms with van der Waals surface area (Å²) in [4.78, 5) is 0. The van der Waals surface area contributed by atoms with E-state index in [4.69, 9.17) is 4.74 Å². The molecule has 24 heavy (non-hydrogen) atoms. The van der Waals surface area contributed by atoms with E-state index in [1.165, 1.54) is 89.9 Å². The minimum Gasteiger partial charge on any atom is -0.372 e. The fourth-order valence-electron chi connectivity index (χ4n) is 8.00. The van der Waals surface area contributed by atoms with Crippen LogP contribution in [-0.4, -0.2) is 11.7 Å². The molecule has 5 atom stereocenters. The van der Waals surface area contributed by atoms with Crippen LogP contribution in [0.1, 0.15) is 111 Å². The predicted molar refractivity (Wildman–Crippen MR) is 101 cm³/mol. The fourth-order valence-corrected chi connectivity index (χ4v) is 8.00. The Morgan fingerprint density at radius 1 is 1.00 bits per heavy atom. The molecule has 0 radical (unpaired) electrons. The van der Waals surface area contributed by atoms with Crippen LogP contribution in [-0.2, 0) is 4.74 Å². The highest BCUT2D eigenvalue weighted by molar-refractivity contribution is 5.13. The molecule has 5 saturated carbocycles. The van der Waals surface area contributed by atoms with Crippen molar-refractivity contribution in [3.05, 3.63) is 0 Å². The Labute approximate surface area is 150 Å². The first-order chi connectivity index (χ1) is 11.4. The van der Waals surface area contributed by atoms with Gasteiger partial charge in [0, 0.05) is 0 Å². The fraction of sp³-hybridized carbons (Fsp3) is 1.00. The van der Waals surface area contributed by atoms with E-state index in [-0.39, 0.29) is 5.60 Å². The van der Waals surface area contributed by atoms with Gasteiger partial charge in [0.1, 0.15) is 0 Å². The average molecular weight is 333 g/mol. The summed E-state index contributed by atoms with van der Waals surface area (Å²) in [6.45, 7) is 7.39. The van der Waals surface area contributed by atoms with Gasteiger partial charge in [-0.1, -0.05) is 52.4 Å². The van der Waals surface area contributed by atoms with Gasteiger partial charge in [0.25, 0.3) is 0 Å². The molecule has 4 bridgehead atoms. The van der Waals surface area contributed by atoms with E-state index in [2.05, 4.69) is 20.8 Å². The zero-order chi connectivity index (χ0) is 16.8. The van der Waals surface area contributed by atoms with Gasteiger partial charge in [-0.2, -0.15) is 0 Å². The first-order valence-corrected chi connectivity index (χ1v) is 11.1. The van der Waals surface area contributed by atoms with Crippen LogP contribution in [0.2, 0.25) is 0 Å². The van der Waals surface area contributed by atoms with E-state index in [1.54, 1.807) is 0 Å². The molecule has 0 aromatic carbocycles. The second-order valence-electron chi connectivity index (χ2n) is 10.9. The quantitative estimate of drug-likeness (QED) is 0.514. The van der Waals surface area contributed by atoms with Crippen LogP contribution in [0.15, 0.2) is 0 Å². The summed E-state index contributed by atoms with van der Waals surface area (Å²) in [6.07, 6.45) is 20.5. The van der Waals surface area contributed by atoms with Crippen LogP contribution in [0.5, 0.6) is 0 Å². The van der Waals surface area contributed by atoms with Gasteiger partial charge in [-0.05, 0) is 81.0 Å².